The summed E-state index contributed by atoms with van der Waals surface area (Å²) < 4.78 is 6.55. The molecule has 2 aromatic rings. The number of aliphatic hydroxyl groups excluding tert-OH is 1. The van der Waals surface area contributed by atoms with Crippen LogP contribution in [0.3, 0.4) is 0 Å². The first-order valence-electron chi connectivity index (χ1n) is 8.24. The van der Waals surface area contributed by atoms with Crippen molar-refractivity contribution >= 4 is 5.97 Å². The van der Waals surface area contributed by atoms with E-state index in [9.17, 15) is 4.79 Å². The van der Waals surface area contributed by atoms with Crippen LogP contribution < -0.4 is 0 Å². The predicted molar refractivity (Wildman–Crippen MR) is 102 cm³/mol. The van der Waals surface area contributed by atoms with E-state index in [-0.39, 0.29) is 6.61 Å². The van der Waals surface area contributed by atoms with Gasteiger partial charge in [0.05, 0.1) is 24.6 Å². The number of rotatable bonds is 5. The van der Waals surface area contributed by atoms with E-state index in [0.717, 1.165) is 16.9 Å². The number of aryl methyl sites for hydroxylation is 1. The molecule has 1 aromatic heterocycles. The number of hydrogen-bond donors (Lipinski definition) is 1. The van der Waals surface area contributed by atoms with Crippen LogP contribution in [0.4, 0.5) is 0 Å². The molecule has 0 spiro atoms. The van der Waals surface area contributed by atoms with Gasteiger partial charge in [0.15, 0.2) is 5.69 Å². The highest BCUT2D eigenvalue weighted by atomic mass is 16.5. The molecule has 5 nitrogen and oxygen atoms in total. The molecule has 2 rings (SSSR count). The number of nitrogens with zero attached hydrogens (tertiary/aromatic N) is 2. The number of benzene rings is 1. The van der Waals surface area contributed by atoms with Crippen molar-refractivity contribution in [2.45, 2.75) is 34.3 Å². The van der Waals surface area contributed by atoms with Crippen LogP contribution in [-0.4, -0.2) is 27.5 Å². The fraction of sp³-hybridized carbons (Fsp3) is 0.300. The lowest BCUT2D eigenvalue weighted by Gasteiger charge is -2.07. The van der Waals surface area contributed by atoms with E-state index in [1.165, 1.54) is 4.68 Å². The highest BCUT2D eigenvalue weighted by molar-refractivity contribution is 5.88. The van der Waals surface area contributed by atoms with E-state index >= 15 is 0 Å². The van der Waals surface area contributed by atoms with Crippen molar-refractivity contribution in [3.63, 3.8) is 0 Å². The normalized spacial score (nSPS) is 9.00. The molecular formula is C20H28N2O3. The maximum absolute atomic E-state index is 11.9. The molecule has 0 radical (unpaired) electrons. The number of ether oxygens (including phenoxy) is 1. The molecule has 25 heavy (non-hydrogen) atoms. The summed E-state index contributed by atoms with van der Waals surface area (Å²) in [4.78, 5) is 11.9. The first-order valence-corrected chi connectivity index (χ1v) is 8.24. The molecule has 0 saturated heterocycles. The lowest BCUT2D eigenvalue weighted by Crippen LogP contribution is -2.12. The van der Waals surface area contributed by atoms with Crippen molar-refractivity contribution in [1.82, 2.24) is 9.78 Å². The second kappa shape index (κ2) is 12.7. The van der Waals surface area contributed by atoms with Crippen molar-refractivity contribution < 1.29 is 14.6 Å². The van der Waals surface area contributed by atoms with Crippen LogP contribution >= 0.6 is 0 Å². The van der Waals surface area contributed by atoms with E-state index in [1.807, 2.05) is 39.0 Å². The van der Waals surface area contributed by atoms with Gasteiger partial charge in [-0.3, -0.25) is 0 Å². The fourth-order valence-electron chi connectivity index (χ4n) is 1.83. The molecule has 0 fully saturated rings. The first-order chi connectivity index (χ1) is 12.1. The van der Waals surface area contributed by atoms with E-state index in [4.69, 9.17) is 9.84 Å². The molecule has 0 aliphatic rings. The van der Waals surface area contributed by atoms with E-state index < -0.39 is 5.97 Å². The third kappa shape index (κ3) is 7.18. The number of carbonyl (C=O) groups is 1. The van der Waals surface area contributed by atoms with Crippen LogP contribution in [-0.2, 0) is 11.3 Å². The summed E-state index contributed by atoms with van der Waals surface area (Å²) >= 11 is 0. The third-order valence-corrected chi connectivity index (χ3v) is 2.82. The Balaban J connectivity index is 0.000000845. The average molecular weight is 344 g/mol. The van der Waals surface area contributed by atoms with Crippen LogP contribution in [0.5, 0.6) is 0 Å². The molecule has 1 N–H and O–H groups in total. The van der Waals surface area contributed by atoms with Crippen molar-refractivity contribution in [2.24, 2.45) is 0 Å². The van der Waals surface area contributed by atoms with Gasteiger partial charge in [0.2, 0.25) is 0 Å². The molecule has 1 aromatic carbocycles. The number of hydrogen-bond acceptors (Lipinski definition) is 4. The topological polar surface area (TPSA) is 64.3 Å². The maximum Gasteiger partial charge on any atom is 0.357 e. The van der Waals surface area contributed by atoms with Crippen LogP contribution in [0.2, 0.25) is 0 Å². The number of aromatic nitrogens is 2. The first kappa shape index (κ1) is 22.3. The summed E-state index contributed by atoms with van der Waals surface area (Å²) in [7, 11) is 0. The molecule has 136 valence electrons. The van der Waals surface area contributed by atoms with Crippen molar-refractivity contribution in [2.75, 3.05) is 6.61 Å². The van der Waals surface area contributed by atoms with E-state index in [2.05, 4.69) is 18.3 Å². The molecule has 0 amide bonds. The van der Waals surface area contributed by atoms with E-state index in [0.29, 0.717) is 12.3 Å². The maximum atomic E-state index is 11.9. The highest BCUT2D eigenvalue weighted by Crippen LogP contribution is 2.15. The quantitative estimate of drug-likeness (QED) is 0.651. The molecule has 1 heterocycles. The van der Waals surface area contributed by atoms with Crippen LogP contribution in [0, 0.1) is 6.92 Å². The number of aliphatic hydroxyl groups is 1. The van der Waals surface area contributed by atoms with Gasteiger partial charge in [-0.25, -0.2) is 9.48 Å². The van der Waals surface area contributed by atoms with Crippen LogP contribution in [0.15, 0.2) is 55.6 Å². The summed E-state index contributed by atoms with van der Waals surface area (Å²) in [6, 6.07) is 8.92. The molecule has 0 aliphatic heterocycles. The van der Waals surface area contributed by atoms with Crippen LogP contribution in [0.1, 0.15) is 42.5 Å². The molecule has 0 bridgehead atoms. The zero-order valence-corrected chi connectivity index (χ0v) is 15.5. The minimum Gasteiger partial charge on any atom is -0.461 e. The van der Waals surface area contributed by atoms with Gasteiger partial charge in [-0.1, -0.05) is 51.3 Å². The zero-order chi connectivity index (χ0) is 19.2. The fourth-order valence-corrected chi connectivity index (χ4v) is 1.83. The SMILES string of the molecule is C=CC=C.CC.CCOC(=O)c1cc(C)nn1-c1cccc(CO)c1. The smallest absolute Gasteiger partial charge is 0.357 e. The summed E-state index contributed by atoms with van der Waals surface area (Å²) in [5.74, 6) is -0.405. The van der Waals surface area contributed by atoms with Gasteiger partial charge in [-0.2, -0.15) is 5.10 Å². The van der Waals surface area contributed by atoms with E-state index in [1.54, 1.807) is 31.2 Å². The number of carbonyl (C=O) groups excluding carboxylic acids is 1. The van der Waals surface area contributed by atoms with Gasteiger partial charge >= 0.3 is 5.97 Å². The molecular weight excluding hydrogens is 316 g/mol. The van der Waals surface area contributed by atoms with Gasteiger partial charge in [0.25, 0.3) is 0 Å². The predicted octanol–water partition coefficient (Wildman–Crippen LogP) is 4.23. The average Bonchev–Trinajstić information content (AvgIpc) is 3.06. The van der Waals surface area contributed by atoms with Crippen molar-refractivity contribution in [3.05, 3.63) is 72.6 Å². The Hall–Kier alpha value is -2.66. The highest BCUT2D eigenvalue weighted by Gasteiger charge is 2.16. The third-order valence-electron chi connectivity index (χ3n) is 2.82. The van der Waals surface area contributed by atoms with Crippen LogP contribution in [0.25, 0.3) is 5.69 Å². The minimum absolute atomic E-state index is 0.0527. The van der Waals surface area contributed by atoms with Gasteiger partial charge in [-0.05, 0) is 37.6 Å². The Morgan fingerprint density at radius 1 is 1.28 bits per heavy atom. The van der Waals surface area contributed by atoms with Gasteiger partial charge in [-0.15, -0.1) is 0 Å². The number of esters is 1. The molecule has 0 atom stereocenters. The molecule has 5 heteroatoms. The summed E-state index contributed by atoms with van der Waals surface area (Å²) in [6.45, 7) is 14.6. The minimum atomic E-state index is -0.405. The van der Waals surface area contributed by atoms with Gasteiger partial charge in [0.1, 0.15) is 0 Å². The lowest BCUT2D eigenvalue weighted by atomic mass is 10.2. The van der Waals surface area contributed by atoms with Gasteiger partial charge in [0, 0.05) is 0 Å². The Bertz CT molecular complexity index is 669. The Kier molecular flexibility index (Phi) is 11.4. The Morgan fingerprint density at radius 2 is 1.92 bits per heavy atom. The summed E-state index contributed by atoms with van der Waals surface area (Å²) in [5.41, 5.74) is 2.61. The Morgan fingerprint density at radius 3 is 2.44 bits per heavy atom. The van der Waals surface area contributed by atoms with Crippen molar-refractivity contribution in [3.8, 4) is 5.69 Å². The zero-order valence-electron chi connectivity index (χ0n) is 15.5. The monoisotopic (exact) mass is 344 g/mol. The van der Waals surface area contributed by atoms with Gasteiger partial charge < -0.3 is 9.84 Å². The molecule has 0 saturated carbocycles. The second-order valence-electron chi connectivity index (χ2n) is 4.60. The summed E-state index contributed by atoms with van der Waals surface area (Å²) in [5, 5.41) is 13.4. The lowest BCUT2D eigenvalue weighted by molar-refractivity contribution is 0.0515. The molecule has 0 aliphatic carbocycles. The largest absolute Gasteiger partial charge is 0.461 e. The second-order valence-corrected chi connectivity index (χ2v) is 4.60. The van der Waals surface area contributed by atoms with Crippen molar-refractivity contribution in [1.29, 1.82) is 0 Å². The standard InChI is InChI=1S/C14H16N2O3.C4H6.C2H6/c1-3-19-14(18)13-7-10(2)15-16(13)12-6-4-5-11(8-12)9-17;1-3-4-2;1-2/h4-8,17H,3,9H2,1-2H3;3-4H,1-2H2;1-2H3. The summed E-state index contributed by atoms with van der Waals surface area (Å²) in [6.07, 6.45) is 3.28. The molecule has 0 unspecified atom stereocenters. The number of allylic oxidation sites excluding steroid dienone is 2. The Labute approximate surface area is 150 Å².